The van der Waals surface area contributed by atoms with E-state index in [0.29, 0.717) is 17.4 Å². The fraction of sp³-hybridized carbons (Fsp3) is 0.683. The van der Waals surface area contributed by atoms with Crippen molar-refractivity contribution in [1.82, 2.24) is 0 Å². The number of carbonyl (C=O) groups excluding carboxylic acids is 2. The van der Waals surface area contributed by atoms with Gasteiger partial charge in [-0.2, -0.15) is 0 Å². The number of hydrogen-bond donors (Lipinski definition) is 1. The van der Waals surface area contributed by atoms with Crippen molar-refractivity contribution >= 4 is 17.9 Å². The fourth-order valence-corrected chi connectivity index (χ4v) is 7.15. The molecule has 0 amide bonds. The van der Waals surface area contributed by atoms with Crippen molar-refractivity contribution in [3.63, 3.8) is 0 Å². The van der Waals surface area contributed by atoms with Crippen LogP contribution in [0.4, 0.5) is 0 Å². The zero-order valence-corrected chi connectivity index (χ0v) is 44.7. The van der Waals surface area contributed by atoms with E-state index in [2.05, 4.69) is 92.8 Å². The van der Waals surface area contributed by atoms with E-state index in [-0.39, 0.29) is 38.6 Å². The van der Waals surface area contributed by atoms with E-state index in [1.807, 2.05) is 33.3 Å². The number of rotatable bonds is 49. The molecule has 0 radical (unpaired) electrons. The maximum Gasteiger partial charge on any atom is 0.361 e. The Morgan fingerprint density at radius 1 is 0.464 bits per heavy atom. The molecule has 0 saturated carbocycles. The van der Waals surface area contributed by atoms with Gasteiger partial charge in [-0.25, -0.2) is 4.79 Å². The van der Waals surface area contributed by atoms with Gasteiger partial charge in [0.25, 0.3) is 6.29 Å². The summed E-state index contributed by atoms with van der Waals surface area (Å²) in [5, 5.41) is 9.66. The molecule has 0 spiro atoms. The van der Waals surface area contributed by atoms with Gasteiger partial charge in [0, 0.05) is 6.42 Å². The number of likely N-dealkylation sites (N-methyl/N-ethyl adjacent to an activating group) is 1. The molecule has 0 aromatic carbocycles. The Morgan fingerprint density at radius 3 is 1.30 bits per heavy atom. The van der Waals surface area contributed by atoms with Gasteiger partial charge in [-0.05, 0) is 77.0 Å². The van der Waals surface area contributed by atoms with Crippen LogP contribution in [0.2, 0.25) is 0 Å². The Balaban J connectivity index is 4.27. The van der Waals surface area contributed by atoms with Crippen molar-refractivity contribution in [2.75, 3.05) is 47.5 Å². The van der Waals surface area contributed by atoms with Gasteiger partial charge in [0.05, 0.1) is 40.8 Å². The largest absolute Gasteiger partial charge is 0.477 e. The molecule has 0 aliphatic carbocycles. The Kier molecular flexibility index (Phi) is 47.8. The molecule has 69 heavy (non-hydrogen) atoms. The molecule has 0 bridgehead atoms. The van der Waals surface area contributed by atoms with Crippen LogP contribution < -0.4 is 0 Å². The average Bonchev–Trinajstić information content (AvgIpc) is 3.31. The highest BCUT2D eigenvalue weighted by Gasteiger charge is 2.25. The van der Waals surface area contributed by atoms with Crippen LogP contribution in [0, 0.1) is 0 Å². The summed E-state index contributed by atoms with van der Waals surface area (Å²) in [7, 11) is 5.93. The molecule has 0 fully saturated rings. The number of aliphatic carboxylic acids is 1. The first-order valence-corrected chi connectivity index (χ1v) is 27.4. The van der Waals surface area contributed by atoms with E-state index in [4.69, 9.17) is 18.9 Å². The first-order chi connectivity index (χ1) is 33.6. The lowest BCUT2D eigenvalue weighted by Gasteiger charge is -2.25. The third-order valence-corrected chi connectivity index (χ3v) is 11.4. The number of esters is 2. The molecule has 0 aromatic heterocycles. The molecule has 0 aliphatic rings. The summed E-state index contributed by atoms with van der Waals surface area (Å²) in [5.74, 6) is -2.18. The van der Waals surface area contributed by atoms with Crippen molar-refractivity contribution in [1.29, 1.82) is 0 Å². The number of carboxylic acid groups (broad SMARTS) is 1. The van der Waals surface area contributed by atoms with Gasteiger partial charge in [0.15, 0.2) is 6.10 Å². The molecule has 0 saturated heterocycles. The number of carboxylic acids is 1. The fourth-order valence-electron chi connectivity index (χ4n) is 7.15. The molecular formula is C60H102NO8+. The van der Waals surface area contributed by atoms with Crippen molar-refractivity contribution in [3.05, 3.63) is 97.2 Å². The zero-order valence-electron chi connectivity index (χ0n) is 44.7. The lowest BCUT2D eigenvalue weighted by molar-refractivity contribution is -0.870. The van der Waals surface area contributed by atoms with Gasteiger partial charge in [-0.15, -0.1) is 0 Å². The number of ether oxygens (including phenoxy) is 4. The highest BCUT2D eigenvalue weighted by molar-refractivity contribution is 5.72. The van der Waals surface area contributed by atoms with E-state index in [1.54, 1.807) is 6.08 Å². The summed E-state index contributed by atoms with van der Waals surface area (Å²) < 4.78 is 22.7. The zero-order chi connectivity index (χ0) is 50.6. The van der Waals surface area contributed by atoms with E-state index in [0.717, 1.165) is 57.8 Å². The van der Waals surface area contributed by atoms with Crippen molar-refractivity contribution in [2.45, 2.75) is 219 Å². The highest BCUT2D eigenvalue weighted by Crippen LogP contribution is 2.15. The number of carbonyl (C=O) groups is 3. The Labute approximate surface area is 422 Å². The number of quaternary nitrogens is 1. The third-order valence-electron chi connectivity index (χ3n) is 11.4. The first kappa shape index (κ1) is 65.2. The summed E-state index contributed by atoms with van der Waals surface area (Å²) in [5.41, 5.74) is 0. The molecule has 9 nitrogen and oxygen atoms in total. The maximum absolute atomic E-state index is 12.7. The van der Waals surface area contributed by atoms with Crippen LogP contribution in [0.3, 0.4) is 0 Å². The van der Waals surface area contributed by atoms with Crippen molar-refractivity contribution in [3.8, 4) is 0 Å². The molecule has 0 aliphatic heterocycles. The lowest BCUT2D eigenvalue weighted by Crippen LogP contribution is -2.40. The molecule has 9 heteroatoms. The van der Waals surface area contributed by atoms with Crippen LogP contribution in [-0.4, -0.2) is 87.4 Å². The van der Waals surface area contributed by atoms with Crippen LogP contribution in [0.5, 0.6) is 0 Å². The number of unbranched alkanes of at least 4 members (excludes halogenated alkanes) is 19. The average molecular weight is 965 g/mol. The second-order valence-corrected chi connectivity index (χ2v) is 19.2. The first-order valence-electron chi connectivity index (χ1n) is 27.4. The molecule has 1 N–H and O–H groups in total. The second kappa shape index (κ2) is 50.6. The number of allylic oxidation sites excluding steroid dienone is 15. The normalized spacial score (nSPS) is 13.6. The van der Waals surface area contributed by atoms with Gasteiger partial charge in [-0.1, -0.05) is 214 Å². The Bertz CT molecular complexity index is 1450. The van der Waals surface area contributed by atoms with Crippen LogP contribution in [-0.2, 0) is 33.3 Å². The van der Waals surface area contributed by atoms with Gasteiger partial charge in [0.2, 0.25) is 0 Å². The summed E-state index contributed by atoms with van der Waals surface area (Å²) >= 11 is 0. The van der Waals surface area contributed by atoms with Gasteiger partial charge in [0.1, 0.15) is 13.2 Å². The van der Waals surface area contributed by atoms with Gasteiger partial charge < -0.3 is 28.5 Å². The summed E-state index contributed by atoms with van der Waals surface area (Å²) in [6.45, 7) is 4.62. The minimum absolute atomic E-state index is 0.0237. The summed E-state index contributed by atoms with van der Waals surface area (Å²) in [6, 6.07) is 0. The van der Waals surface area contributed by atoms with Crippen molar-refractivity contribution in [2.24, 2.45) is 0 Å². The van der Waals surface area contributed by atoms with Crippen LogP contribution in [0.25, 0.3) is 0 Å². The minimum atomic E-state index is -1.54. The molecule has 394 valence electrons. The predicted octanol–water partition coefficient (Wildman–Crippen LogP) is 15.8. The quantitative estimate of drug-likeness (QED) is 0.0211. The predicted molar refractivity (Wildman–Crippen MR) is 290 cm³/mol. The summed E-state index contributed by atoms with van der Waals surface area (Å²) in [4.78, 5) is 37.2. The van der Waals surface area contributed by atoms with E-state index < -0.39 is 24.3 Å². The smallest absolute Gasteiger partial charge is 0.361 e. The molecule has 0 aromatic rings. The highest BCUT2D eigenvalue weighted by atomic mass is 16.7. The van der Waals surface area contributed by atoms with Gasteiger partial charge >= 0.3 is 17.9 Å². The molecule has 0 rings (SSSR count). The second-order valence-electron chi connectivity index (χ2n) is 19.2. The topological polar surface area (TPSA) is 108 Å². The number of nitrogens with zero attached hydrogens (tertiary/aromatic N) is 1. The number of hydrogen-bond acceptors (Lipinski definition) is 7. The molecule has 2 unspecified atom stereocenters. The molecular weight excluding hydrogens is 863 g/mol. The minimum Gasteiger partial charge on any atom is -0.477 e. The van der Waals surface area contributed by atoms with E-state index >= 15 is 0 Å². The molecule has 0 heterocycles. The summed E-state index contributed by atoms with van der Waals surface area (Å²) in [6.07, 6.45) is 65.2. The standard InChI is InChI=1S/C60H101NO8/c1-6-8-10-12-14-16-18-20-22-23-24-25-26-27-28-29-30-31-32-33-34-35-37-38-40-42-44-46-48-50-57(62)67-54-56(55-68-60(59(64)65)66-53-52-61(3,4)5)69-58(63)51-49-47-45-43-41-39-36-21-19-17-15-13-11-9-7-2/h9,11,15,17-18,20-21,23-24,26-27,36,41,43,47,49,56,60H,6-8,10,12-14,16,19,22,25,28-35,37-40,42,44-46,48,50-55H2,1-5H3/p+1/b11-9-,17-15-,20-18-,24-23-,27-26-,36-21-,43-41-,49-47-. The van der Waals surface area contributed by atoms with Gasteiger partial charge in [-0.3, -0.25) is 9.59 Å². The molecule has 2 atom stereocenters. The Morgan fingerprint density at radius 2 is 0.870 bits per heavy atom. The van der Waals surface area contributed by atoms with E-state index in [1.165, 1.54) is 116 Å². The third kappa shape index (κ3) is 51.9. The monoisotopic (exact) mass is 965 g/mol. The SMILES string of the molecule is CC/C=C\C/C=C\C/C=C\C/C=C\C/C=C\CC(=O)OC(COC(=O)CCCCCCCCCCCCCCCC/C=C\C/C=C\C/C=C\CCCCCCC)COC(OCC[N+](C)(C)C)C(=O)O. The van der Waals surface area contributed by atoms with Crippen LogP contribution in [0.15, 0.2) is 97.2 Å². The van der Waals surface area contributed by atoms with E-state index in [9.17, 15) is 19.5 Å². The Hall–Kier alpha value is -3.79. The maximum atomic E-state index is 12.7. The van der Waals surface area contributed by atoms with Crippen molar-refractivity contribution < 1.29 is 42.9 Å². The van der Waals surface area contributed by atoms with Crippen LogP contribution in [0.1, 0.15) is 206 Å². The lowest BCUT2D eigenvalue weighted by atomic mass is 10.0. The van der Waals surface area contributed by atoms with Crippen LogP contribution >= 0.6 is 0 Å².